The number of imidazole rings is 1. The summed E-state index contributed by atoms with van der Waals surface area (Å²) in [6.07, 6.45) is 1.85. The molecule has 0 radical (unpaired) electrons. The number of aromatic amines is 1. The molecule has 0 aliphatic heterocycles. The maximum Gasteiger partial charge on any atom is 0.123 e. The van der Waals surface area contributed by atoms with Gasteiger partial charge < -0.3 is 10.7 Å². The van der Waals surface area contributed by atoms with Crippen molar-refractivity contribution in [3.05, 3.63) is 41.3 Å². The van der Waals surface area contributed by atoms with Crippen LogP contribution < -0.4 is 5.73 Å². The second-order valence-corrected chi connectivity index (χ2v) is 4.29. The van der Waals surface area contributed by atoms with Crippen LogP contribution in [0.15, 0.2) is 24.4 Å². The third-order valence-electron chi connectivity index (χ3n) is 2.71. The van der Waals surface area contributed by atoms with E-state index in [-0.39, 0.29) is 6.04 Å². The molecule has 0 bridgehead atoms. The number of aryl methyl sites for hydroxylation is 2. The van der Waals surface area contributed by atoms with Gasteiger partial charge in [-0.15, -0.1) is 0 Å². The third kappa shape index (κ3) is 1.99. The van der Waals surface area contributed by atoms with Gasteiger partial charge in [0.1, 0.15) is 5.82 Å². The van der Waals surface area contributed by atoms with Gasteiger partial charge in [0.15, 0.2) is 0 Å². The molecule has 1 atom stereocenters. The van der Waals surface area contributed by atoms with Crippen LogP contribution in [-0.4, -0.2) is 9.97 Å². The van der Waals surface area contributed by atoms with Crippen LogP contribution in [0.4, 0.5) is 0 Å². The van der Waals surface area contributed by atoms with E-state index < -0.39 is 0 Å². The Morgan fingerprint density at radius 3 is 2.69 bits per heavy atom. The van der Waals surface area contributed by atoms with Crippen LogP contribution in [0.3, 0.4) is 0 Å². The van der Waals surface area contributed by atoms with E-state index in [0.29, 0.717) is 0 Å². The summed E-state index contributed by atoms with van der Waals surface area (Å²) in [5.41, 5.74) is 10.5. The van der Waals surface area contributed by atoms with Crippen LogP contribution in [0.25, 0.3) is 11.3 Å². The van der Waals surface area contributed by atoms with Crippen LogP contribution in [-0.2, 0) is 0 Å². The quantitative estimate of drug-likeness (QED) is 0.809. The minimum absolute atomic E-state index is 0.0566. The molecule has 84 valence electrons. The number of rotatable bonds is 2. The summed E-state index contributed by atoms with van der Waals surface area (Å²) in [6.45, 7) is 6.11. The number of hydrogen-bond donors (Lipinski definition) is 2. The molecule has 1 unspecified atom stereocenters. The average Bonchev–Trinajstić information content (AvgIpc) is 2.70. The number of benzene rings is 1. The van der Waals surface area contributed by atoms with E-state index in [9.17, 15) is 0 Å². The average molecular weight is 215 g/mol. The molecule has 0 saturated carbocycles. The topological polar surface area (TPSA) is 54.7 Å². The SMILES string of the molecule is Cc1ccc(C)c(-c2cnc(C(C)N)[nH]2)c1. The Balaban J connectivity index is 2.46. The van der Waals surface area contributed by atoms with E-state index in [1.165, 1.54) is 16.7 Å². The first-order chi connectivity index (χ1) is 7.58. The molecule has 0 fully saturated rings. The first-order valence-electron chi connectivity index (χ1n) is 5.46. The summed E-state index contributed by atoms with van der Waals surface area (Å²) < 4.78 is 0. The van der Waals surface area contributed by atoms with Gasteiger partial charge in [-0.1, -0.05) is 17.7 Å². The van der Waals surface area contributed by atoms with Gasteiger partial charge in [-0.05, 0) is 32.4 Å². The van der Waals surface area contributed by atoms with Gasteiger partial charge in [-0.3, -0.25) is 0 Å². The molecule has 0 aliphatic rings. The highest BCUT2D eigenvalue weighted by Gasteiger charge is 2.08. The monoisotopic (exact) mass is 215 g/mol. The van der Waals surface area contributed by atoms with Crippen molar-refractivity contribution in [1.82, 2.24) is 9.97 Å². The van der Waals surface area contributed by atoms with Gasteiger partial charge >= 0.3 is 0 Å². The van der Waals surface area contributed by atoms with E-state index >= 15 is 0 Å². The molecule has 0 aliphatic carbocycles. The van der Waals surface area contributed by atoms with Crippen molar-refractivity contribution in [2.75, 3.05) is 0 Å². The summed E-state index contributed by atoms with van der Waals surface area (Å²) in [7, 11) is 0. The summed E-state index contributed by atoms with van der Waals surface area (Å²) in [5.74, 6) is 0.830. The zero-order valence-corrected chi connectivity index (χ0v) is 9.91. The van der Waals surface area contributed by atoms with E-state index in [1.54, 1.807) is 0 Å². The zero-order valence-electron chi connectivity index (χ0n) is 9.91. The Hall–Kier alpha value is -1.61. The lowest BCUT2D eigenvalue weighted by Crippen LogP contribution is -2.06. The zero-order chi connectivity index (χ0) is 11.7. The van der Waals surface area contributed by atoms with Crippen molar-refractivity contribution in [2.24, 2.45) is 5.73 Å². The fourth-order valence-corrected chi connectivity index (χ4v) is 1.73. The molecule has 0 spiro atoms. The molecular weight excluding hydrogens is 198 g/mol. The van der Waals surface area contributed by atoms with Crippen LogP contribution in [0, 0.1) is 13.8 Å². The van der Waals surface area contributed by atoms with Crippen LogP contribution >= 0.6 is 0 Å². The number of H-pyrrole nitrogens is 1. The molecule has 1 heterocycles. The lowest BCUT2D eigenvalue weighted by Gasteiger charge is -2.05. The smallest absolute Gasteiger partial charge is 0.123 e. The van der Waals surface area contributed by atoms with Crippen molar-refractivity contribution >= 4 is 0 Å². The van der Waals surface area contributed by atoms with Crippen LogP contribution in [0.5, 0.6) is 0 Å². The van der Waals surface area contributed by atoms with Crippen molar-refractivity contribution in [3.63, 3.8) is 0 Å². The first-order valence-corrected chi connectivity index (χ1v) is 5.46. The fraction of sp³-hybridized carbons (Fsp3) is 0.308. The molecule has 3 N–H and O–H groups in total. The third-order valence-corrected chi connectivity index (χ3v) is 2.71. The molecule has 2 rings (SSSR count). The number of nitrogens with two attached hydrogens (primary N) is 1. The highest BCUT2D eigenvalue weighted by Crippen LogP contribution is 2.23. The predicted molar refractivity (Wildman–Crippen MR) is 66.1 cm³/mol. The Morgan fingerprint density at radius 2 is 2.06 bits per heavy atom. The number of hydrogen-bond acceptors (Lipinski definition) is 2. The van der Waals surface area contributed by atoms with Gasteiger partial charge in [-0.25, -0.2) is 4.98 Å². The molecule has 0 amide bonds. The van der Waals surface area contributed by atoms with Gasteiger partial charge in [0.2, 0.25) is 0 Å². The predicted octanol–water partition coefficient (Wildman–Crippen LogP) is 2.71. The van der Waals surface area contributed by atoms with E-state index in [1.807, 2.05) is 13.1 Å². The molecule has 1 aromatic heterocycles. The van der Waals surface area contributed by atoms with Gasteiger partial charge in [0, 0.05) is 5.56 Å². The van der Waals surface area contributed by atoms with E-state index in [2.05, 4.69) is 42.0 Å². The summed E-state index contributed by atoms with van der Waals surface area (Å²) in [4.78, 5) is 7.54. The number of nitrogens with one attached hydrogen (secondary N) is 1. The molecule has 2 aromatic rings. The summed E-state index contributed by atoms with van der Waals surface area (Å²) in [5, 5.41) is 0. The Bertz CT molecular complexity index is 498. The lowest BCUT2D eigenvalue weighted by atomic mass is 10.0. The summed E-state index contributed by atoms with van der Waals surface area (Å²) in [6, 6.07) is 6.34. The van der Waals surface area contributed by atoms with Crippen molar-refractivity contribution in [1.29, 1.82) is 0 Å². The second-order valence-electron chi connectivity index (χ2n) is 4.29. The number of nitrogens with zero attached hydrogens (tertiary/aromatic N) is 1. The van der Waals surface area contributed by atoms with Crippen molar-refractivity contribution in [3.8, 4) is 11.3 Å². The van der Waals surface area contributed by atoms with Gasteiger partial charge in [0.25, 0.3) is 0 Å². The Morgan fingerprint density at radius 1 is 1.31 bits per heavy atom. The molecule has 1 aromatic carbocycles. The van der Waals surface area contributed by atoms with Gasteiger partial charge in [-0.2, -0.15) is 0 Å². The van der Waals surface area contributed by atoms with E-state index in [4.69, 9.17) is 5.73 Å². The lowest BCUT2D eigenvalue weighted by molar-refractivity contribution is 0.756. The maximum atomic E-state index is 5.78. The Labute approximate surface area is 95.7 Å². The second kappa shape index (κ2) is 4.10. The standard InChI is InChI=1S/C13H17N3/c1-8-4-5-9(2)11(6-8)12-7-15-13(16-12)10(3)14/h4-7,10H,14H2,1-3H3,(H,15,16). The largest absolute Gasteiger partial charge is 0.341 e. The van der Waals surface area contributed by atoms with Gasteiger partial charge in [0.05, 0.1) is 17.9 Å². The minimum atomic E-state index is -0.0566. The Kier molecular flexibility index (Phi) is 2.79. The van der Waals surface area contributed by atoms with E-state index in [0.717, 1.165) is 11.5 Å². The normalized spacial score (nSPS) is 12.8. The maximum absolute atomic E-state index is 5.78. The minimum Gasteiger partial charge on any atom is -0.341 e. The van der Waals surface area contributed by atoms with Crippen molar-refractivity contribution in [2.45, 2.75) is 26.8 Å². The fourth-order valence-electron chi connectivity index (χ4n) is 1.73. The van der Waals surface area contributed by atoms with Crippen LogP contribution in [0.2, 0.25) is 0 Å². The highest BCUT2D eigenvalue weighted by molar-refractivity contribution is 5.63. The molecule has 3 nitrogen and oxygen atoms in total. The highest BCUT2D eigenvalue weighted by atomic mass is 14.9. The molecule has 0 saturated heterocycles. The molecule has 3 heteroatoms. The molecular formula is C13H17N3. The number of aromatic nitrogens is 2. The molecule has 16 heavy (non-hydrogen) atoms. The first kappa shape index (κ1) is 10.9. The van der Waals surface area contributed by atoms with Crippen LogP contribution in [0.1, 0.15) is 29.9 Å². The summed E-state index contributed by atoms with van der Waals surface area (Å²) >= 11 is 0. The van der Waals surface area contributed by atoms with Crippen molar-refractivity contribution < 1.29 is 0 Å².